The van der Waals surface area contributed by atoms with Gasteiger partial charge in [-0.05, 0) is 77.0 Å². The van der Waals surface area contributed by atoms with Crippen LogP contribution in [0.15, 0.2) is 36.5 Å². The van der Waals surface area contributed by atoms with Crippen LogP contribution >= 0.6 is 0 Å². The Morgan fingerprint density at radius 1 is 0.387 bits per heavy atom. The first-order valence-corrected chi connectivity index (χ1v) is 27.8. The summed E-state index contributed by atoms with van der Waals surface area (Å²) in [5.74, 6) is -0.156. The second-order valence-corrected chi connectivity index (χ2v) is 19.1. The molecule has 3 atom stereocenters. The lowest BCUT2D eigenvalue weighted by Gasteiger charge is -2.26. The van der Waals surface area contributed by atoms with Gasteiger partial charge in [0, 0.05) is 6.42 Å². The Bertz CT molecular complexity index is 962. The summed E-state index contributed by atoms with van der Waals surface area (Å²) in [7, 11) is 0. The van der Waals surface area contributed by atoms with Crippen LogP contribution < -0.4 is 5.32 Å². The van der Waals surface area contributed by atoms with Gasteiger partial charge < -0.3 is 20.6 Å². The molecule has 5 heteroatoms. The van der Waals surface area contributed by atoms with Crippen LogP contribution in [0.25, 0.3) is 0 Å². The lowest BCUT2D eigenvalue weighted by atomic mass is 10.0. The van der Waals surface area contributed by atoms with Gasteiger partial charge in [-0.25, -0.2) is 0 Å². The van der Waals surface area contributed by atoms with Crippen molar-refractivity contribution in [3.05, 3.63) is 36.5 Å². The van der Waals surface area contributed by atoms with Gasteiger partial charge in [0.2, 0.25) is 5.91 Å². The van der Waals surface area contributed by atoms with Crippen LogP contribution in [-0.2, 0) is 4.79 Å². The molecular formula is C57H109NO4. The van der Waals surface area contributed by atoms with Gasteiger partial charge in [0.05, 0.1) is 18.8 Å². The topological polar surface area (TPSA) is 89.8 Å². The van der Waals surface area contributed by atoms with E-state index >= 15 is 0 Å². The lowest BCUT2D eigenvalue weighted by molar-refractivity contribution is -0.124. The fourth-order valence-corrected chi connectivity index (χ4v) is 8.65. The van der Waals surface area contributed by atoms with Gasteiger partial charge in [0.15, 0.2) is 0 Å². The van der Waals surface area contributed by atoms with Gasteiger partial charge >= 0.3 is 0 Å². The molecule has 5 nitrogen and oxygen atoms in total. The molecule has 3 unspecified atom stereocenters. The predicted octanol–water partition coefficient (Wildman–Crippen LogP) is 17.1. The number of aliphatic hydroxyl groups is 3. The smallest absolute Gasteiger partial charge is 0.220 e. The van der Waals surface area contributed by atoms with Crippen LogP contribution in [0.1, 0.15) is 296 Å². The number of amides is 1. The molecule has 0 aromatic heterocycles. The Balaban J connectivity index is 3.59. The minimum atomic E-state index is -1.17. The maximum absolute atomic E-state index is 12.5. The molecule has 0 rings (SSSR count). The average Bonchev–Trinajstić information content (AvgIpc) is 3.28. The molecule has 0 saturated carbocycles. The number of allylic oxidation sites excluding steroid dienone is 6. The fourth-order valence-electron chi connectivity index (χ4n) is 8.65. The van der Waals surface area contributed by atoms with Crippen molar-refractivity contribution in [1.82, 2.24) is 5.32 Å². The molecule has 1 amide bonds. The highest BCUT2D eigenvalue weighted by Crippen LogP contribution is 2.17. The van der Waals surface area contributed by atoms with Crippen molar-refractivity contribution in [1.29, 1.82) is 0 Å². The van der Waals surface area contributed by atoms with Crippen molar-refractivity contribution in [2.45, 2.75) is 315 Å². The first-order valence-electron chi connectivity index (χ1n) is 27.8. The number of hydrogen-bond donors (Lipinski definition) is 4. The molecule has 0 saturated heterocycles. The zero-order chi connectivity index (χ0) is 45.1. The summed E-state index contributed by atoms with van der Waals surface area (Å²) in [6.07, 6.45) is 67.3. The second-order valence-electron chi connectivity index (χ2n) is 19.1. The van der Waals surface area contributed by atoms with Crippen LogP contribution in [0, 0.1) is 0 Å². The number of rotatable bonds is 51. The van der Waals surface area contributed by atoms with Crippen LogP contribution in [0.2, 0.25) is 0 Å². The molecule has 4 N–H and O–H groups in total. The van der Waals surface area contributed by atoms with Gasteiger partial charge in [-0.1, -0.05) is 249 Å². The van der Waals surface area contributed by atoms with E-state index < -0.39 is 18.2 Å². The third kappa shape index (κ3) is 46.6. The molecule has 0 aliphatic carbocycles. The third-order valence-corrected chi connectivity index (χ3v) is 12.9. The van der Waals surface area contributed by atoms with E-state index in [2.05, 4.69) is 55.6 Å². The summed E-state index contributed by atoms with van der Waals surface area (Å²) in [6, 6.07) is -0.833. The van der Waals surface area contributed by atoms with Crippen molar-refractivity contribution in [2.75, 3.05) is 6.61 Å². The van der Waals surface area contributed by atoms with E-state index in [0.29, 0.717) is 12.8 Å². The number of carbonyl (C=O) groups excluding carboxylic acids is 1. The summed E-state index contributed by atoms with van der Waals surface area (Å²) >= 11 is 0. The number of unbranched alkanes of at least 4 members (excludes halogenated alkanes) is 37. The zero-order valence-electron chi connectivity index (χ0n) is 41.8. The van der Waals surface area contributed by atoms with Gasteiger partial charge in [-0.15, -0.1) is 0 Å². The number of carbonyl (C=O) groups is 1. The molecule has 366 valence electrons. The molecule has 0 aromatic rings. The summed E-state index contributed by atoms with van der Waals surface area (Å²) < 4.78 is 0. The van der Waals surface area contributed by atoms with E-state index in [0.717, 1.165) is 44.9 Å². The van der Waals surface area contributed by atoms with Crippen molar-refractivity contribution < 1.29 is 20.1 Å². The van der Waals surface area contributed by atoms with Gasteiger partial charge in [-0.2, -0.15) is 0 Å². The Kier molecular flexibility index (Phi) is 51.0. The Morgan fingerprint density at radius 3 is 0.984 bits per heavy atom. The lowest BCUT2D eigenvalue weighted by Crippen LogP contribution is -2.50. The minimum Gasteiger partial charge on any atom is -0.394 e. The van der Waals surface area contributed by atoms with E-state index in [1.807, 2.05) is 0 Å². The standard InChI is InChI=1S/C57H109NO4/c1-3-5-7-9-11-13-15-17-19-21-23-25-26-27-28-29-30-32-34-36-38-40-42-44-46-48-50-52-56(61)58-54(53-59)57(62)55(60)51-49-47-45-43-41-39-37-35-33-31-24-22-20-18-16-14-12-10-8-6-4-2/h27-28,35,37,43,45,54-55,57,59-60,62H,3-26,29-34,36,38-42,44,46-53H2,1-2H3,(H,58,61)/b28-27-,37-35+,45-43+. The Hall–Kier alpha value is -1.43. The molecule has 0 spiro atoms. The normalized spacial score (nSPS) is 13.6. The van der Waals surface area contributed by atoms with E-state index in [-0.39, 0.29) is 12.5 Å². The molecule has 0 radical (unpaired) electrons. The Morgan fingerprint density at radius 2 is 0.661 bits per heavy atom. The van der Waals surface area contributed by atoms with Crippen LogP contribution in [0.4, 0.5) is 0 Å². The van der Waals surface area contributed by atoms with E-state index in [1.165, 1.54) is 225 Å². The highest BCUT2D eigenvalue weighted by Gasteiger charge is 2.26. The zero-order valence-corrected chi connectivity index (χ0v) is 41.8. The summed E-state index contributed by atoms with van der Waals surface area (Å²) in [6.45, 7) is 4.19. The van der Waals surface area contributed by atoms with Crippen molar-refractivity contribution in [2.24, 2.45) is 0 Å². The average molecular weight is 873 g/mol. The molecule has 0 heterocycles. The first kappa shape index (κ1) is 60.6. The number of nitrogens with one attached hydrogen (secondary N) is 1. The number of hydrogen-bond acceptors (Lipinski definition) is 4. The first-order chi connectivity index (χ1) is 30.6. The molecule has 0 fully saturated rings. The predicted molar refractivity (Wildman–Crippen MR) is 273 cm³/mol. The third-order valence-electron chi connectivity index (χ3n) is 12.9. The summed E-state index contributed by atoms with van der Waals surface area (Å²) in [5, 5.41) is 33.7. The maximum Gasteiger partial charge on any atom is 0.220 e. The summed E-state index contributed by atoms with van der Waals surface area (Å²) in [4.78, 5) is 12.5. The number of aliphatic hydroxyl groups excluding tert-OH is 3. The highest BCUT2D eigenvalue weighted by molar-refractivity contribution is 5.76. The van der Waals surface area contributed by atoms with Gasteiger partial charge in [0.25, 0.3) is 0 Å². The SMILES string of the molecule is CCCCCCCCCCCCCC/C=C\CCCCCCCCCCCCCC(=O)NC(CO)C(O)C(O)CCC/C=C/CC/C=C/CCCCCCCCCCCCCC. The molecule has 0 aromatic carbocycles. The van der Waals surface area contributed by atoms with E-state index in [1.54, 1.807) is 0 Å². The highest BCUT2D eigenvalue weighted by atomic mass is 16.3. The molecule has 0 aliphatic heterocycles. The monoisotopic (exact) mass is 872 g/mol. The van der Waals surface area contributed by atoms with Crippen LogP contribution in [0.5, 0.6) is 0 Å². The van der Waals surface area contributed by atoms with Crippen molar-refractivity contribution in [3.63, 3.8) is 0 Å². The molecule has 0 aliphatic rings. The molecule has 62 heavy (non-hydrogen) atoms. The quantitative estimate of drug-likeness (QED) is 0.0362. The van der Waals surface area contributed by atoms with Crippen LogP contribution in [0.3, 0.4) is 0 Å². The van der Waals surface area contributed by atoms with Crippen molar-refractivity contribution >= 4 is 5.91 Å². The molecular weight excluding hydrogens is 763 g/mol. The minimum absolute atomic E-state index is 0.156. The van der Waals surface area contributed by atoms with Gasteiger partial charge in [-0.3, -0.25) is 4.79 Å². The largest absolute Gasteiger partial charge is 0.394 e. The van der Waals surface area contributed by atoms with E-state index in [4.69, 9.17) is 0 Å². The van der Waals surface area contributed by atoms with Crippen molar-refractivity contribution in [3.8, 4) is 0 Å². The van der Waals surface area contributed by atoms with E-state index in [9.17, 15) is 20.1 Å². The summed E-state index contributed by atoms with van der Waals surface area (Å²) in [5.41, 5.74) is 0. The molecule has 0 bridgehead atoms. The second kappa shape index (κ2) is 52.2. The van der Waals surface area contributed by atoms with Crippen LogP contribution in [-0.4, -0.2) is 46.1 Å². The maximum atomic E-state index is 12.5. The van der Waals surface area contributed by atoms with Gasteiger partial charge in [0.1, 0.15) is 6.10 Å². The Labute approximate surface area is 387 Å². The fraction of sp³-hybridized carbons (Fsp3) is 0.877.